The Bertz CT molecular complexity index is 897. The minimum atomic E-state index is -0.322. The number of thiazole rings is 2. The zero-order valence-electron chi connectivity index (χ0n) is 13.1. The van der Waals surface area contributed by atoms with Crippen molar-refractivity contribution in [2.75, 3.05) is 7.11 Å². The van der Waals surface area contributed by atoms with E-state index < -0.39 is 0 Å². The maximum atomic E-state index is 12.3. The van der Waals surface area contributed by atoms with Gasteiger partial charge < -0.3 is 14.0 Å². The Hall–Kier alpha value is -2.45. The first kappa shape index (κ1) is 16.4. The van der Waals surface area contributed by atoms with E-state index in [9.17, 15) is 4.79 Å². The fraction of sp³-hybridized carbons (Fsp3) is 0.188. The van der Waals surface area contributed by atoms with Crippen LogP contribution in [0.4, 0.5) is 0 Å². The summed E-state index contributed by atoms with van der Waals surface area (Å²) >= 11 is 2.92. The molecule has 0 unspecified atom stereocenters. The van der Waals surface area contributed by atoms with Crippen molar-refractivity contribution in [3.05, 3.63) is 56.7 Å². The molecule has 2 aromatic heterocycles. The summed E-state index contributed by atoms with van der Waals surface area (Å²) in [4.78, 5) is 21.2. The number of aromatic nitrogens is 2. The molecule has 0 N–H and O–H groups in total. The second-order valence-corrected chi connectivity index (χ2v) is 6.44. The number of ether oxygens (including phenoxy) is 2. The number of hydrogen-bond acceptors (Lipinski definition) is 6. The first-order chi connectivity index (χ1) is 11.7. The van der Waals surface area contributed by atoms with Crippen molar-refractivity contribution >= 4 is 28.6 Å². The molecule has 3 rings (SSSR count). The molecule has 0 radical (unpaired) electrons. The number of amides is 1. The van der Waals surface area contributed by atoms with E-state index in [1.165, 1.54) is 29.8 Å². The van der Waals surface area contributed by atoms with Crippen LogP contribution in [0.5, 0.6) is 11.5 Å². The lowest BCUT2D eigenvalue weighted by Gasteiger charge is -2.10. The third-order valence-electron chi connectivity index (χ3n) is 3.23. The van der Waals surface area contributed by atoms with E-state index in [2.05, 4.69) is 9.98 Å². The maximum absolute atomic E-state index is 12.3. The number of rotatable bonds is 5. The number of hydrogen-bond donors (Lipinski definition) is 0. The third kappa shape index (κ3) is 3.72. The van der Waals surface area contributed by atoms with Crippen LogP contribution >= 0.6 is 22.7 Å². The fourth-order valence-electron chi connectivity index (χ4n) is 1.97. The Labute approximate surface area is 146 Å². The van der Waals surface area contributed by atoms with Crippen LogP contribution in [0.15, 0.2) is 45.7 Å². The number of carbonyl (C=O) groups is 1. The molecule has 24 heavy (non-hydrogen) atoms. The number of methoxy groups -OCH3 is 1. The largest absolute Gasteiger partial charge is 0.493 e. The van der Waals surface area contributed by atoms with E-state index in [0.717, 1.165) is 5.69 Å². The quantitative estimate of drug-likeness (QED) is 0.701. The van der Waals surface area contributed by atoms with Crippen LogP contribution in [-0.4, -0.2) is 22.6 Å². The monoisotopic (exact) mass is 361 g/mol. The summed E-state index contributed by atoms with van der Waals surface area (Å²) in [6.45, 7) is 0.350. The average Bonchev–Trinajstić information content (AvgIpc) is 3.25. The van der Waals surface area contributed by atoms with Crippen molar-refractivity contribution in [3.63, 3.8) is 0 Å². The van der Waals surface area contributed by atoms with Crippen LogP contribution in [0, 0.1) is 0 Å². The number of carbonyl (C=O) groups excluding carboxylic acids is 1. The van der Waals surface area contributed by atoms with Crippen LogP contribution in [0.1, 0.15) is 16.1 Å². The predicted octanol–water partition coefficient (Wildman–Crippen LogP) is 2.87. The molecule has 8 heteroatoms. The van der Waals surface area contributed by atoms with E-state index in [1.807, 2.05) is 24.0 Å². The first-order valence-corrected chi connectivity index (χ1v) is 8.86. The topological polar surface area (TPSA) is 65.7 Å². The lowest BCUT2D eigenvalue weighted by molar-refractivity contribution is 0.0997. The molecule has 2 heterocycles. The SMILES string of the molecule is COc1cc(C(=O)N=c2sccn2C)ccc1OCc1cscn1. The Balaban J connectivity index is 1.81. The Morgan fingerprint density at radius 2 is 2.25 bits per heavy atom. The van der Waals surface area contributed by atoms with Crippen LogP contribution < -0.4 is 14.3 Å². The van der Waals surface area contributed by atoms with Crippen LogP contribution in [0.2, 0.25) is 0 Å². The smallest absolute Gasteiger partial charge is 0.279 e. The molecule has 1 aromatic carbocycles. The van der Waals surface area contributed by atoms with E-state index in [1.54, 1.807) is 28.3 Å². The number of benzene rings is 1. The fourth-order valence-corrected chi connectivity index (χ4v) is 3.24. The van der Waals surface area contributed by atoms with Crippen LogP contribution in [0.25, 0.3) is 0 Å². The normalized spacial score (nSPS) is 11.5. The summed E-state index contributed by atoms with van der Waals surface area (Å²) < 4.78 is 12.8. The molecular formula is C16H15N3O3S2. The van der Waals surface area contributed by atoms with Crippen LogP contribution in [0.3, 0.4) is 0 Å². The van der Waals surface area contributed by atoms with Crippen molar-refractivity contribution in [2.45, 2.75) is 6.61 Å². The molecule has 1 amide bonds. The van der Waals surface area contributed by atoms with Gasteiger partial charge in [-0.25, -0.2) is 4.98 Å². The van der Waals surface area contributed by atoms with Crippen molar-refractivity contribution in [1.82, 2.24) is 9.55 Å². The molecule has 0 saturated carbocycles. The van der Waals surface area contributed by atoms with E-state index in [4.69, 9.17) is 9.47 Å². The van der Waals surface area contributed by atoms with Gasteiger partial charge in [0.2, 0.25) is 0 Å². The van der Waals surface area contributed by atoms with Crippen molar-refractivity contribution in [2.24, 2.45) is 12.0 Å². The first-order valence-electron chi connectivity index (χ1n) is 7.04. The summed E-state index contributed by atoms with van der Waals surface area (Å²) in [5.41, 5.74) is 3.05. The van der Waals surface area contributed by atoms with Crippen molar-refractivity contribution in [3.8, 4) is 11.5 Å². The Kier molecular flexibility index (Phi) is 5.07. The molecule has 0 spiro atoms. The minimum absolute atomic E-state index is 0.322. The van der Waals surface area contributed by atoms with Crippen LogP contribution in [-0.2, 0) is 13.7 Å². The molecule has 0 saturated heterocycles. The second-order valence-electron chi connectivity index (χ2n) is 4.85. The molecule has 124 valence electrons. The predicted molar refractivity (Wildman–Crippen MR) is 92.6 cm³/mol. The maximum Gasteiger partial charge on any atom is 0.279 e. The van der Waals surface area contributed by atoms with Gasteiger partial charge in [0.25, 0.3) is 5.91 Å². The van der Waals surface area contributed by atoms with Gasteiger partial charge in [0, 0.05) is 29.6 Å². The molecule has 0 aliphatic heterocycles. The Morgan fingerprint density at radius 1 is 1.38 bits per heavy atom. The zero-order chi connectivity index (χ0) is 16.9. The van der Waals surface area contributed by atoms with Gasteiger partial charge in [-0.1, -0.05) is 0 Å². The van der Waals surface area contributed by atoms with Gasteiger partial charge in [0.05, 0.1) is 18.3 Å². The summed E-state index contributed by atoms with van der Waals surface area (Å²) in [5, 5.41) is 3.80. The number of nitrogens with zero attached hydrogens (tertiary/aromatic N) is 3. The summed E-state index contributed by atoms with van der Waals surface area (Å²) in [6, 6.07) is 5.02. The minimum Gasteiger partial charge on any atom is -0.493 e. The van der Waals surface area contributed by atoms with Crippen molar-refractivity contribution in [1.29, 1.82) is 0 Å². The molecule has 0 atom stereocenters. The lowest BCUT2D eigenvalue weighted by atomic mass is 10.2. The molecule has 6 nitrogen and oxygen atoms in total. The Morgan fingerprint density at radius 3 is 2.92 bits per heavy atom. The van der Waals surface area contributed by atoms with Gasteiger partial charge in [0.1, 0.15) is 6.61 Å². The highest BCUT2D eigenvalue weighted by molar-refractivity contribution is 7.07. The highest BCUT2D eigenvalue weighted by Crippen LogP contribution is 2.29. The summed E-state index contributed by atoms with van der Waals surface area (Å²) in [6.07, 6.45) is 1.85. The molecular weight excluding hydrogens is 346 g/mol. The third-order valence-corrected chi connectivity index (χ3v) is 4.71. The van der Waals surface area contributed by atoms with Gasteiger partial charge >= 0.3 is 0 Å². The highest BCUT2D eigenvalue weighted by atomic mass is 32.1. The lowest BCUT2D eigenvalue weighted by Crippen LogP contribution is -2.12. The van der Waals surface area contributed by atoms with Crippen molar-refractivity contribution < 1.29 is 14.3 Å². The van der Waals surface area contributed by atoms with E-state index in [-0.39, 0.29) is 5.91 Å². The zero-order valence-corrected chi connectivity index (χ0v) is 14.8. The second kappa shape index (κ2) is 7.41. The summed E-state index contributed by atoms with van der Waals surface area (Å²) in [7, 11) is 3.38. The average molecular weight is 361 g/mol. The van der Waals surface area contributed by atoms with E-state index in [0.29, 0.717) is 28.5 Å². The number of aryl methyl sites for hydroxylation is 1. The van der Waals surface area contributed by atoms with E-state index >= 15 is 0 Å². The van der Waals surface area contributed by atoms with Gasteiger partial charge in [-0.15, -0.1) is 22.7 Å². The molecule has 0 bridgehead atoms. The molecule has 0 aliphatic rings. The summed E-state index contributed by atoms with van der Waals surface area (Å²) in [5.74, 6) is 0.725. The molecule has 0 aliphatic carbocycles. The van der Waals surface area contributed by atoms with Gasteiger partial charge in [0.15, 0.2) is 16.3 Å². The van der Waals surface area contributed by atoms with Gasteiger partial charge in [-0.05, 0) is 18.2 Å². The molecule has 3 aromatic rings. The standard InChI is InChI=1S/C16H15N3O3S2/c1-19-5-6-24-16(19)18-15(20)11-3-4-13(14(7-11)21-2)22-8-12-9-23-10-17-12/h3-7,9-10H,8H2,1-2H3. The van der Waals surface area contributed by atoms with Gasteiger partial charge in [-0.2, -0.15) is 4.99 Å². The van der Waals surface area contributed by atoms with Gasteiger partial charge in [-0.3, -0.25) is 4.79 Å². The highest BCUT2D eigenvalue weighted by Gasteiger charge is 2.11. The molecule has 0 fully saturated rings.